The molecule has 1 aliphatic heterocycles. The van der Waals surface area contributed by atoms with Crippen molar-refractivity contribution in [3.63, 3.8) is 0 Å². The van der Waals surface area contributed by atoms with Gasteiger partial charge >= 0.3 is 13.3 Å². The number of hydrogen-bond acceptors (Lipinski definition) is 6. The van der Waals surface area contributed by atoms with Crippen LogP contribution in [0.4, 0.5) is 4.79 Å². The Balaban J connectivity index is 2.08. The molecule has 0 bridgehead atoms. The molecule has 1 fully saturated rings. The summed E-state index contributed by atoms with van der Waals surface area (Å²) in [5, 5.41) is 0.0549. The summed E-state index contributed by atoms with van der Waals surface area (Å²) in [7, 11) is -4.25. The predicted molar refractivity (Wildman–Crippen MR) is 81.5 cm³/mol. The molecule has 0 saturated carbocycles. The maximum absolute atomic E-state index is 11.7. The van der Waals surface area contributed by atoms with E-state index >= 15 is 0 Å². The molecule has 0 aromatic heterocycles. The lowest BCUT2D eigenvalue weighted by Crippen LogP contribution is -2.30. The zero-order valence-corrected chi connectivity index (χ0v) is 14.0. The summed E-state index contributed by atoms with van der Waals surface area (Å²) in [4.78, 5) is 31.8. The number of thioether (sulfide) groups is 1. The first-order valence-corrected chi connectivity index (χ1v) is 9.86. The molecule has 0 aromatic rings. The van der Waals surface area contributed by atoms with E-state index in [1.54, 1.807) is 0 Å². The molecule has 21 heavy (non-hydrogen) atoms. The molecule has 6 nitrogen and oxygen atoms in total. The van der Waals surface area contributed by atoms with Crippen molar-refractivity contribution >= 4 is 30.2 Å². The number of cyclic esters (lactones) is 1. The highest BCUT2D eigenvalue weighted by molar-refractivity contribution is 8.13. The van der Waals surface area contributed by atoms with Gasteiger partial charge in [0.1, 0.15) is 6.10 Å². The largest absolute Gasteiger partial charge is 0.450 e. The molecule has 0 amide bonds. The minimum atomic E-state index is -4.25. The van der Waals surface area contributed by atoms with Gasteiger partial charge in [-0.3, -0.25) is 9.32 Å². The van der Waals surface area contributed by atoms with Gasteiger partial charge in [0.2, 0.25) is 0 Å². The van der Waals surface area contributed by atoms with Crippen molar-refractivity contribution in [2.45, 2.75) is 58.0 Å². The van der Waals surface area contributed by atoms with Crippen LogP contribution >= 0.6 is 19.4 Å². The molecule has 0 aromatic carbocycles. The lowest BCUT2D eigenvalue weighted by molar-refractivity contribution is -0.111. The standard InChI is InChI=1S/C13H23O6PS/c1-2-3-4-5-6-7-8-12(14)21-10-11-9-18-20(16,17)13(15)19-11/h11H,2-10H2,1H3,(H,16,17). The van der Waals surface area contributed by atoms with Gasteiger partial charge in [-0.2, -0.15) is 0 Å². The lowest BCUT2D eigenvalue weighted by Gasteiger charge is -2.24. The smallest absolute Gasteiger partial charge is 0.436 e. The lowest BCUT2D eigenvalue weighted by atomic mass is 10.1. The van der Waals surface area contributed by atoms with Crippen LogP contribution in [0.25, 0.3) is 0 Å². The highest BCUT2D eigenvalue weighted by Gasteiger charge is 2.40. The molecule has 8 heteroatoms. The number of hydrogen-bond donors (Lipinski definition) is 1. The van der Waals surface area contributed by atoms with Crippen LogP contribution in [-0.4, -0.2) is 34.2 Å². The molecule has 2 atom stereocenters. The first-order valence-electron chi connectivity index (χ1n) is 7.30. The maximum Gasteiger partial charge on any atom is 0.436 e. The van der Waals surface area contributed by atoms with Gasteiger partial charge in [-0.1, -0.05) is 50.8 Å². The monoisotopic (exact) mass is 338 g/mol. The summed E-state index contributed by atoms with van der Waals surface area (Å²) in [6.45, 7) is 2.02. The van der Waals surface area contributed by atoms with Crippen LogP contribution in [0.2, 0.25) is 0 Å². The SMILES string of the molecule is CCCCCCCCC(=O)SCC1COP(=O)(O)C(=O)O1. The summed E-state index contributed by atoms with van der Waals surface area (Å²) in [6.07, 6.45) is 6.63. The van der Waals surface area contributed by atoms with Crippen LogP contribution in [0.3, 0.4) is 0 Å². The third-order valence-electron chi connectivity index (χ3n) is 3.10. The van der Waals surface area contributed by atoms with Crippen LogP contribution < -0.4 is 0 Å². The number of carbonyl (C=O) groups is 2. The van der Waals surface area contributed by atoms with E-state index < -0.39 is 19.4 Å². The average Bonchev–Trinajstić information content (AvgIpc) is 2.44. The second kappa shape index (κ2) is 9.62. The van der Waals surface area contributed by atoms with Crippen LogP contribution in [0.5, 0.6) is 0 Å². The third-order valence-corrected chi connectivity index (χ3v) is 5.23. The maximum atomic E-state index is 11.7. The zero-order valence-electron chi connectivity index (χ0n) is 12.3. The van der Waals surface area contributed by atoms with E-state index in [-0.39, 0.29) is 17.5 Å². The molecule has 1 saturated heterocycles. The molecular formula is C13H23O6PS. The van der Waals surface area contributed by atoms with E-state index in [0.717, 1.165) is 31.0 Å². The van der Waals surface area contributed by atoms with Crippen LogP contribution in [0, 0.1) is 0 Å². The third kappa shape index (κ3) is 7.45. The Morgan fingerprint density at radius 2 is 2.00 bits per heavy atom. The fourth-order valence-electron chi connectivity index (χ4n) is 1.87. The average molecular weight is 338 g/mol. The summed E-state index contributed by atoms with van der Waals surface area (Å²) in [5.41, 5.74) is -1.23. The van der Waals surface area contributed by atoms with E-state index in [4.69, 9.17) is 9.63 Å². The van der Waals surface area contributed by atoms with E-state index in [9.17, 15) is 14.2 Å². The molecule has 1 aliphatic rings. The molecule has 1 N–H and O–H groups in total. The van der Waals surface area contributed by atoms with E-state index in [2.05, 4.69) is 11.4 Å². The fraction of sp³-hybridized carbons (Fsp3) is 0.846. The van der Waals surface area contributed by atoms with Gasteiger partial charge in [-0.15, -0.1) is 0 Å². The molecule has 122 valence electrons. The van der Waals surface area contributed by atoms with E-state index in [0.29, 0.717) is 6.42 Å². The Kier molecular flexibility index (Phi) is 8.56. The molecule has 2 unspecified atom stereocenters. The second-order valence-electron chi connectivity index (χ2n) is 5.02. The first kappa shape index (κ1) is 18.7. The predicted octanol–water partition coefficient (Wildman–Crippen LogP) is 3.72. The summed E-state index contributed by atoms with van der Waals surface area (Å²) in [5.74, 6) is 0.264. The molecule has 0 spiro atoms. The van der Waals surface area contributed by atoms with Crippen molar-refractivity contribution in [1.29, 1.82) is 0 Å². The van der Waals surface area contributed by atoms with E-state index in [1.165, 1.54) is 19.3 Å². The number of unbranched alkanes of at least 4 members (excludes halogenated alkanes) is 5. The minimum absolute atomic E-state index is 0.0549. The highest BCUT2D eigenvalue weighted by atomic mass is 32.2. The summed E-state index contributed by atoms with van der Waals surface area (Å²) in [6, 6.07) is 0. The van der Waals surface area contributed by atoms with Crippen molar-refractivity contribution < 1.29 is 28.3 Å². The quantitative estimate of drug-likeness (QED) is 0.506. The molecule has 1 heterocycles. The second-order valence-corrected chi connectivity index (χ2v) is 7.76. The molecule has 0 radical (unpaired) electrons. The van der Waals surface area contributed by atoms with Crippen LogP contribution in [0.1, 0.15) is 51.9 Å². The fourth-order valence-corrected chi connectivity index (χ4v) is 3.45. The Bertz CT molecular complexity index is 400. The van der Waals surface area contributed by atoms with Crippen molar-refractivity contribution in [3.8, 4) is 0 Å². The van der Waals surface area contributed by atoms with Gasteiger partial charge < -0.3 is 9.63 Å². The molecule has 0 aliphatic carbocycles. The Hall–Kier alpha value is -0.360. The van der Waals surface area contributed by atoms with E-state index in [1.807, 2.05) is 0 Å². The van der Waals surface area contributed by atoms with Crippen molar-refractivity contribution in [1.82, 2.24) is 0 Å². The van der Waals surface area contributed by atoms with Gasteiger partial charge in [-0.05, 0) is 6.42 Å². The van der Waals surface area contributed by atoms with Crippen LogP contribution in [0.15, 0.2) is 0 Å². The van der Waals surface area contributed by atoms with Gasteiger partial charge in [0, 0.05) is 12.2 Å². The number of ether oxygens (including phenoxy) is 1. The van der Waals surface area contributed by atoms with Gasteiger partial charge in [0.15, 0.2) is 5.12 Å². The molecular weight excluding hydrogens is 315 g/mol. The summed E-state index contributed by atoms with van der Waals surface area (Å²) < 4.78 is 20.4. The zero-order chi connectivity index (χ0) is 15.7. The highest BCUT2D eigenvalue weighted by Crippen LogP contribution is 2.47. The van der Waals surface area contributed by atoms with Crippen molar-refractivity contribution in [3.05, 3.63) is 0 Å². The van der Waals surface area contributed by atoms with Crippen LogP contribution in [-0.2, 0) is 18.6 Å². The molecule has 1 rings (SSSR count). The Morgan fingerprint density at radius 1 is 1.33 bits per heavy atom. The first-order chi connectivity index (χ1) is 9.95. The summed E-state index contributed by atoms with van der Waals surface area (Å²) >= 11 is 1.09. The van der Waals surface area contributed by atoms with Crippen molar-refractivity contribution in [2.75, 3.05) is 12.4 Å². The van der Waals surface area contributed by atoms with Crippen molar-refractivity contribution in [2.24, 2.45) is 0 Å². The Morgan fingerprint density at radius 3 is 2.67 bits per heavy atom. The van der Waals surface area contributed by atoms with Gasteiger partial charge in [-0.25, -0.2) is 9.36 Å². The topological polar surface area (TPSA) is 89.9 Å². The number of rotatable bonds is 9. The number of carbonyl (C=O) groups excluding carboxylic acids is 2. The van der Waals surface area contributed by atoms with Gasteiger partial charge in [0.05, 0.1) is 6.61 Å². The minimum Gasteiger partial charge on any atom is -0.450 e. The van der Waals surface area contributed by atoms with Gasteiger partial charge in [0.25, 0.3) is 0 Å². The normalized spacial score (nSPS) is 25.6. The Labute approximate surface area is 129 Å².